The molecule has 0 fully saturated rings. The highest BCUT2D eigenvalue weighted by molar-refractivity contribution is 6.73. The Morgan fingerprint density at radius 1 is 1.14 bits per heavy atom. The summed E-state index contributed by atoms with van der Waals surface area (Å²) in [5.41, 5.74) is 0. The number of hydrogen-bond donors (Lipinski definition) is 0. The normalized spacial score (nSPS) is 22.2. The maximum Gasteiger partial charge on any atom is 0.308 e. The maximum absolute atomic E-state index is 11.9. The molecular formula is C17H32O3Si. The van der Waals surface area contributed by atoms with Crippen LogP contribution >= 0.6 is 0 Å². The van der Waals surface area contributed by atoms with Gasteiger partial charge in [-0.3, -0.25) is 4.79 Å². The zero-order valence-electron chi connectivity index (χ0n) is 14.0. The van der Waals surface area contributed by atoms with Crippen LogP contribution in [0.1, 0.15) is 59.3 Å². The van der Waals surface area contributed by atoms with Crippen molar-refractivity contribution in [3.63, 3.8) is 0 Å². The highest BCUT2D eigenvalue weighted by atomic mass is 28.4. The molecule has 0 saturated heterocycles. The lowest BCUT2D eigenvalue weighted by atomic mass is 10.1. The van der Waals surface area contributed by atoms with Crippen LogP contribution in [-0.2, 0) is 14.0 Å². The molecule has 0 aromatic rings. The van der Waals surface area contributed by atoms with Crippen LogP contribution in [0.25, 0.3) is 0 Å². The van der Waals surface area contributed by atoms with Crippen LogP contribution < -0.4 is 0 Å². The molecule has 0 aromatic heterocycles. The lowest BCUT2D eigenvalue weighted by Crippen LogP contribution is -2.40. The molecule has 1 atom stereocenters. The molecule has 0 saturated carbocycles. The molecule has 3 nitrogen and oxygen atoms in total. The van der Waals surface area contributed by atoms with E-state index in [-0.39, 0.29) is 12.1 Å². The summed E-state index contributed by atoms with van der Waals surface area (Å²) in [5, 5.41) is 0. The molecule has 122 valence electrons. The van der Waals surface area contributed by atoms with Gasteiger partial charge in [-0.15, -0.1) is 0 Å². The van der Waals surface area contributed by atoms with Crippen LogP contribution in [-0.4, -0.2) is 27.0 Å². The second-order valence-corrected chi connectivity index (χ2v) is 10.7. The van der Waals surface area contributed by atoms with Crippen molar-refractivity contribution in [1.29, 1.82) is 0 Å². The topological polar surface area (TPSA) is 35.5 Å². The van der Waals surface area contributed by atoms with Gasteiger partial charge in [-0.2, -0.15) is 0 Å². The molecule has 0 spiro atoms. The van der Waals surface area contributed by atoms with Gasteiger partial charge in [0.25, 0.3) is 0 Å². The van der Waals surface area contributed by atoms with E-state index >= 15 is 0 Å². The van der Waals surface area contributed by atoms with Gasteiger partial charge < -0.3 is 9.16 Å². The summed E-state index contributed by atoms with van der Waals surface area (Å²) in [6.07, 6.45) is 10.1. The predicted octanol–water partition coefficient (Wildman–Crippen LogP) is 4.83. The van der Waals surface area contributed by atoms with Crippen LogP contribution in [0.5, 0.6) is 0 Å². The van der Waals surface area contributed by atoms with E-state index in [4.69, 9.17) is 9.16 Å². The second kappa shape index (κ2) is 10.2. The SMILES string of the molecule is CC[Si](CC)(CC)OC1CCCCC=CCCOC(=O)C1. The van der Waals surface area contributed by atoms with Crippen LogP contribution in [0.4, 0.5) is 0 Å². The molecule has 1 unspecified atom stereocenters. The summed E-state index contributed by atoms with van der Waals surface area (Å²) in [7, 11) is -1.65. The number of carbonyl (C=O) groups excluding carboxylic acids is 1. The van der Waals surface area contributed by atoms with Gasteiger partial charge in [-0.25, -0.2) is 0 Å². The molecule has 1 heterocycles. The highest BCUT2D eigenvalue weighted by Crippen LogP contribution is 2.26. The van der Waals surface area contributed by atoms with Crippen LogP contribution in [0.3, 0.4) is 0 Å². The molecule has 21 heavy (non-hydrogen) atoms. The van der Waals surface area contributed by atoms with E-state index in [1.807, 2.05) is 0 Å². The van der Waals surface area contributed by atoms with E-state index < -0.39 is 8.32 Å². The van der Waals surface area contributed by atoms with Crippen molar-refractivity contribution < 1.29 is 14.0 Å². The predicted molar refractivity (Wildman–Crippen MR) is 89.9 cm³/mol. The fourth-order valence-electron chi connectivity index (χ4n) is 2.91. The van der Waals surface area contributed by atoms with Crippen molar-refractivity contribution in [1.82, 2.24) is 0 Å². The van der Waals surface area contributed by atoms with Gasteiger partial charge >= 0.3 is 5.97 Å². The zero-order chi connectivity index (χ0) is 15.6. The second-order valence-electron chi connectivity index (χ2n) is 5.95. The summed E-state index contributed by atoms with van der Waals surface area (Å²) in [6.45, 7) is 7.20. The Morgan fingerprint density at radius 2 is 1.81 bits per heavy atom. The largest absolute Gasteiger partial charge is 0.465 e. The minimum Gasteiger partial charge on any atom is -0.465 e. The number of hydrogen-bond acceptors (Lipinski definition) is 3. The van der Waals surface area contributed by atoms with Crippen LogP contribution in [0.2, 0.25) is 18.1 Å². The first-order valence-electron chi connectivity index (χ1n) is 8.64. The molecule has 0 aromatic carbocycles. The van der Waals surface area contributed by atoms with E-state index in [0.29, 0.717) is 13.0 Å². The Kier molecular flexibility index (Phi) is 8.93. The first kappa shape index (κ1) is 18.4. The van der Waals surface area contributed by atoms with Crippen LogP contribution in [0.15, 0.2) is 12.2 Å². The van der Waals surface area contributed by atoms with E-state index in [0.717, 1.165) is 43.8 Å². The number of allylic oxidation sites excluding steroid dienone is 1. The molecular weight excluding hydrogens is 280 g/mol. The van der Waals surface area contributed by atoms with E-state index in [1.165, 1.54) is 6.42 Å². The van der Waals surface area contributed by atoms with Crippen LogP contribution in [0, 0.1) is 0 Å². The molecule has 0 N–H and O–H groups in total. The van der Waals surface area contributed by atoms with Crippen molar-refractivity contribution in [2.45, 2.75) is 83.5 Å². The summed E-state index contributed by atoms with van der Waals surface area (Å²) in [6, 6.07) is 3.40. The molecule has 1 aliphatic rings. The third-order valence-corrected chi connectivity index (χ3v) is 9.30. The Balaban J connectivity index is 2.66. The van der Waals surface area contributed by atoms with Crippen molar-refractivity contribution in [2.24, 2.45) is 0 Å². The number of cyclic esters (lactones) is 1. The molecule has 0 aliphatic carbocycles. The van der Waals surface area contributed by atoms with Gasteiger partial charge in [0.15, 0.2) is 8.32 Å². The Morgan fingerprint density at radius 3 is 2.48 bits per heavy atom. The first-order chi connectivity index (χ1) is 10.2. The van der Waals surface area contributed by atoms with Gasteiger partial charge in [0.05, 0.1) is 19.1 Å². The third-order valence-electron chi connectivity index (χ3n) is 4.61. The first-order valence-corrected chi connectivity index (χ1v) is 11.2. The van der Waals surface area contributed by atoms with Crippen molar-refractivity contribution >= 4 is 14.3 Å². The summed E-state index contributed by atoms with van der Waals surface area (Å²) >= 11 is 0. The Hall–Kier alpha value is -0.613. The van der Waals surface area contributed by atoms with Crippen molar-refractivity contribution in [3.05, 3.63) is 12.2 Å². The summed E-state index contributed by atoms with van der Waals surface area (Å²) in [4.78, 5) is 11.9. The fraction of sp³-hybridized carbons (Fsp3) is 0.824. The smallest absolute Gasteiger partial charge is 0.308 e. The van der Waals surface area contributed by atoms with Gasteiger partial charge in [-0.05, 0) is 43.8 Å². The van der Waals surface area contributed by atoms with Crippen molar-refractivity contribution in [3.8, 4) is 0 Å². The van der Waals surface area contributed by atoms with E-state index in [9.17, 15) is 4.79 Å². The van der Waals surface area contributed by atoms with Gasteiger partial charge in [0.1, 0.15) is 0 Å². The Bertz CT molecular complexity index is 316. The lowest BCUT2D eigenvalue weighted by Gasteiger charge is -2.33. The maximum atomic E-state index is 11.9. The average Bonchev–Trinajstić information content (AvgIpc) is 2.49. The number of esters is 1. The zero-order valence-corrected chi connectivity index (χ0v) is 15.0. The Labute approximate surface area is 131 Å². The molecule has 0 bridgehead atoms. The summed E-state index contributed by atoms with van der Waals surface area (Å²) < 4.78 is 11.8. The molecule has 4 heteroatoms. The molecule has 1 rings (SSSR count). The molecule has 0 amide bonds. The van der Waals surface area contributed by atoms with Crippen molar-refractivity contribution in [2.75, 3.05) is 6.61 Å². The quantitative estimate of drug-likeness (QED) is 0.414. The minimum absolute atomic E-state index is 0.0624. The fourth-order valence-corrected chi connectivity index (χ4v) is 5.82. The number of ether oxygens (including phenoxy) is 1. The van der Waals surface area contributed by atoms with E-state index in [1.54, 1.807) is 0 Å². The van der Waals surface area contributed by atoms with Gasteiger partial charge in [-0.1, -0.05) is 39.3 Å². The van der Waals surface area contributed by atoms with E-state index in [2.05, 4.69) is 32.9 Å². The minimum atomic E-state index is -1.65. The monoisotopic (exact) mass is 312 g/mol. The van der Waals surface area contributed by atoms with Gasteiger partial charge in [0.2, 0.25) is 0 Å². The standard InChI is InChI=1S/C17H32O3Si/c1-4-21(5-2,6-3)20-16-13-11-9-7-8-10-12-14-19-17(18)15-16/h8,10,16H,4-7,9,11-15H2,1-3H3. The highest BCUT2D eigenvalue weighted by Gasteiger charge is 2.32. The number of carbonyl (C=O) groups is 1. The number of rotatable bonds is 5. The molecule has 1 aliphatic heterocycles. The summed E-state index contributed by atoms with van der Waals surface area (Å²) in [5.74, 6) is -0.0971. The third kappa shape index (κ3) is 6.79. The van der Waals surface area contributed by atoms with Gasteiger partial charge in [0, 0.05) is 0 Å². The molecule has 0 radical (unpaired) electrons. The lowest BCUT2D eigenvalue weighted by molar-refractivity contribution is -0.145. The average molecular weight is 313 g/mol.